The molecule has 0 aromatic carbocycles. The minimum absolute atomic E-state index is 0.117. The molecule has 0 spiro atoms. The van der Waals surface area contributed by atoms with Gasteiger partial charge in [0.25, 0.3) is 10.1 Å². The number of rotatable bonds is 8. The fourth-order valence-electron chi connectivity index (χ4n) is 1.56. The van der Waals surface area contributed by atoms with Crippen LogP contribution in [0.25, 0.3) is 0 Å². The van der Waals surface area contributed by atoms with E-state index in [-0.39, 0.29) is 11.2 Å². The van der Waals surface area contributed by atoms with Gasteiger partial charge in [-0.25, -0.2) is 0 Å². The maximum atomic E-state index is 10.5. The zero-order valence-electron chi connectivity index (χ0n) is 10.6. The highest BCUT2D eigenvalue weighted by Crippen LogP contribution is 2.27. The van der Waals surface area contributed by atoms with Crippen LogP contribution in [-0.2, 0) is 10.1 Å². The Kier molecular flexibility index (Phi) is 6.91. The SMILES string of the molecule is CC/C=C/CC(C)(C)CCCCS(=O)(=O)O. The third kappa shape index (κ3) is 10.2. The second-order valence-corrected chi connectivity index (χ2v) is 6.56. The van der Waals surface area contributed by atoms with E-state index in [4.69, 9.17) is 4.55 Å². The Morgan fingerprint density at radius 3 is 2.31 bits per heavy atom. The summed E-state index contributed by atoms with van der Waals surface area (Å²) in [6.07, 6.45) is 8.78. The molecule has 0 fully saturated rings. The van der Waals surface area contributed by atoms with Crippen molar-refractivity contribution in [2.45, 2.75) is 52.9 Å². The smallest absolute Gasteiger partial charge is 0.264 e. The van der Waals surface area contributed by atoms with E-state index in [0.717, 1.165) is 25.7 Å². The van der Waals surface area contributed by atoms with Crippen LogP contribution in [0, 0.1) is 5.41 Å². The van der Waals surface area contributed by atoms with Gasteiger partial charge in [-0.1, -0.05) is 39.3 Å². The van der Waals surface area contributed by atoms with E-state index in [1.807, 2.05) is 0 Å². The number of unbranched alkanes of at least 4 members (excludes halogenated alkanes) is 1. The number of allylic oxidation sites excluding steroid dienone is 2. The lowest BCUT2D eigenvalue weighted by Crippen LogP contribution is -2.11. The second kappa shape index (κ2) is 7.07. The van der Waals surface area contributed by atoms with Crippen LogP contribution in [-0.4, -0.2) is 18.7 Å². The second-order valence-electron chi connectivity index (χ2n) is 4.99. The summed E-state index contributed by atoms with van der Waals surface area (Å²) in [7, 11) is -3.78. The van der Waals surface area contributed by atoms with Crippen LogP contribution in [0.3, 0.4) is 0 Å². The van der Waals surface area contributed by atoms with Gasteiger partial charge in [0.05, 0.1) is 5.75 Å². The summed E-state index contributed by atoms with van der Waals surface area (Å²) in [6, 6.07) is 0. The predicted molar refractivity (Wildman–Crippen MR) is 68.1 cm³/mol. The Labute approximate surface area is 99.7 Å². The minimum Gasteiger partial charge on any atom is -0.286 e. The van der Waals surface area contributed by atoms with E-state index in [1.165, 1.54) is 0 Å². The molecule has 0 aromatic rings. The molecule has 0 aromatic heterocycles. The Bertz CT molecular complexity index is 302. The maximum Gasteiger partial charge on any atom is 0.264 e. The van der Waals surface area contributed by atoms with Crippen LogP contribution in [0.5, 0.6) is 0 Å². The van der Waals surface area contributed by atoms with Crippen molar-refractivity contribution in [1.29, 1.82) is 0 Å². The van der Waals surface area contributed by atoms with Crippen molar-refractivity contribution in [3.8, 4) is 0 Å². The predicted octanol–water partition coefficient (Wildman–Crippen LogP) is 3.43. The van der Waals surface area contributed by atoms with Gasteiger partial charge in [0.1, 0.15) is 0 Å². The van der Waals surface area contributed by atoms with Crippen molar-refractivity contribution in [3.05, 3.63) is 12.2 Å². The highest BCUT2D eigenvalue weighted by molar-refractivity contribution is 7.85. The van der Waals surface area contributed by atoms with Gasteiger partial charge in [-0.05, 0) is 31.1 Å². The van der Waals surface area contributed by atoms with Crippen molar-refractivity contribution >= 4 is 10.1 Å². The summed E-state index contributed by atoms with van der Waals surface area (Å²) in [5.41, 5.74) is 0.213. The standard InChI is InChI=1S/C12H24O3S/c1-4-5-6-9-12(2,3)10-7-8-11-16(13,14)15/h5-6H,4,7-11H2,1-3H3,(H,13,14,15)/b6-5+. The van der Waals surface area contributed by atoms with Crippen molar-refractivity contribution in [2.24, 2.45) is 5.41 Å². The van der Waals surface area contributed by atoms with Gasteiger partial charge in [-0.3, -0.25) is 4.55 Å². The van der Waals surface area contributed by atoms with E-state index >= 15 is 0 Å². The van der Waals surface area contributed by atoms with Crippen LogP contribution in [0.15, 0.2) is 12.2 Å². The van der Waals surface area contributed by atoms with E-state index < -0.39 is 10.1 Å². The van der Waals surface area contributed by atoms with Crippen LogP contribution in [0.4, 0.5) is 0 Å². The number of hydrogen-bond donors (Lipinski definition) is 1. The molecule has 1 N–H and O–H groups in total. The summed E-state index contributed by atoms with van der Waals surface area (Å²) >= 11 is 0. The zero-order valence-corrected chi connectivity index (χ0v) is 11.4. The lowest BCUT2D eigenvalue weighted by Gasteiger charge is -2.22. The largest absolute Gasteiger partial charge is 0.286 e. The summed E-state index contributed by atoms with van der Waals surface area (Å²) < 4.78 is 29.6. The molecule has 0 aliphatic heterocycles. The molecule has 0 rings (SSSR count). The zero-order chi connectivity index (χ0) is 12.7. The van der Waals surface area contributed by atoms with E-state index in [1.54, 1.807) is 0 Å². The average molecular weight is 248 g/mol. The van der Waals surface area contributed by atoms with Crippen molar-refractivity contribution < 1.29 is 13.0 Å². The van der Waals surface area contributed by atoms with Gasteiger partial charge in [0.2, 0.25) is 0 Å². The molecule has 4 heteroatoms. The molecular weight excluding hydrogens is 224 g/mol. The van der Waals surface area contributed by atoms with Crippen LogP contribution >= 0.6 is 0 Å². The van der Waals surface area contributed by atoms with Gasteiger partial charge in [0, 0.05) is 0 Å². The molecule has 96 valence electrons. The minimum atomic E-state index is -3.78. The molecule has 0 saturated heterocycles. The summed E-state index contributed by atoms with van der Waals surface area (Å²) in [6.45, 7) is 6.47. The van der Waals surface area contributed by atoms with Crippen molar-refractivity contribution in [3.63, 3.8) is 0 Å². The van der Waals surface area contributed by atoms with Crippen molar-refractivity contribution in [1.82, 2.24) is 0 Å². The number of hydrogen-bond acceptors (Lipinski definition) is 2. The first-order chi connectivity index (χ1) is 7.27. The molecule has 0 atom stereocenters. The van der Waals surface area contributed by atoms with Crippen LogP contribution in [0.1, 0.15) is 52.9 Å². The topological polar surface area (TPSA) is 54.4 Å². The summed E-state index contributed by atoms with van der Waals surface area (Å²) in [4.78, 5) is 0. The fourth-order valence-corrected chi connectivity index (χ4v) is 2.13. The molecule has 0 amide bonds. The van der Waals surface area contributed by atoms with E-state index in [2.05, 4.69) is 32.9 Å². The van der Waals surface area contributed by atoms with E-state index in [0.29, 0.717) is 6.42 Å². The molecular formula is C12H24O3S. The lowest BCUT2D eigenvalue weighted by atomic mass is 9.84. The molecule has 0 aliphatic rings. The molecule has 0 heterocycles. The third-order valence-electron chi connectivity index (χ3n) is 2.58. The monoisotopic (exact) mass is 248 g/mol. The molecule has 0 radical (unpaired) electrons. The van der Waals surface area contributed by atoms with Gasteiger partial charge in [0.15, 0.2) is 0 Å². The van der Waals surface area contributed by atoms with Crippen LogP contribution < -0.4 is 0 Å². The molecule has 0 saturated carbocycles. The summed E-state index contributed by atoms with van der Waals surface area (Å²) in [5, 5.41) is 0. The maximum absolute atomic E-state index is 10.5. The average Bonchev–Trinajstić information content (AvgIpc) is 2.11. The highest BCUT2D eigenvalue weighted by Gasteiger charge is 2.15. The van der Waals surface area contributed by atoms with Gasteiger partial charge in [-0.15, -0.1) is 0 Å². The van der Waals surface area contributed by atoms with Crippen molar-refractivity contribution in [2.75, 3.05) is 5.75 Å². The third-order valence-corrected chi connectivity index (χ3v) is 3.38. The quantitative estimate of drug-likeness (QED) is 0.407. The highest BCUT2D eigenvalue weighted by atomic mass is 32.2. The lowest BCUT2D eigenvalue weighted by molar-refractivity contribution is 0.327. The van der Waals surface area contributed by atoms with Gasteiger partial charge >= 0.3 is 0 Å². The first kappa shape index (κ1) is 15.7. The van der Waals surface area contributed by atoms with Gasteiger partial charge in [-0.2, -0.15) is 8.42 Å². The Morgan fingerprint density at radius 2 is 1.81 bits per heavy atom. The summed E-state index contributed by atoms with van der Waals surface area (Å²) in [5.74, 6) is -0.117. The molecule has 3 nitrogen and oxygen atoms in total. The Balaban J connectivity index is 3.78. The Morgan fingerprint density at radius 1 is 1.19 bits per heavy atom. The molecule has 16 heavy (non-hydrogen) atoms. The first-order valence-electron chi connectivity index (χ1n) is 5.87. The molecule has 0 aliphatic carbocycles. The van der Waals surface area contributed by atoms with E-state index in [9.17, 15) is 8.42 Å². The van der Waals surface area contributed by atoms with Crippen LogP contribution in [0.2, 0.25) is 0 Å². The fraction of sp³-hybridized carbons (Fsp3) is 0.833. The first-order valence-corrected chi connectivity index (χ1v) is 7.48. The Hall–Kier alpha value is -0.350. The molecule has 0 bridgehead atoms. The normalized spacial score (nSPS) is 13.5. The van der Waals surface area contributed by atoms with Gasteiger partial charge < -0.3 is 0 Å². The molecule has 0 unspecified atom stereocenters.